The number of aromatic nitrogens is 2. The lowest BCUT2D eigenvalue weighted by atomic mass is 10.1. The smallest absolute Gasteiger partial charge is 0.275 e. The van der Waals surface area contributed by atoms with Crippen molar-refractivity contribution in [1.29, 1.82) is 0 Å². The molecule has 25 heavy (non-hydrogen) atoms. The number of nitrogens with one attached hydrogen (secondary N) is 1. The van der Waals surface area contributed by atoms with Crippen LogP contribution in [0.3, 0.4) is 0 Å². The Bertz CT molecular complexity index is 948. The molecule has 6 nitrogen and oxygen atoms in total. The van der Waals surface area contributed by atoms with Crippen LogP contribution >= 0.6 is 0 Å². The Morgan fingerprint density at radius 2 is 1.88 bits per heavy atom. The summed E-state index contributed by atoms with van der Waals surface area (Å²) < 4.78 is 1.46. The molecular weight excluding hydrogens is 316 g/mol. The molecule has 0 aliphatic carbocycles. The quantitative estimate of drug-likeness (QED) is 0.772. The third-order valence-corrected chi connectivity index (χ3v) is 4.03. The molecule has 0 saturated carbocycles. The molecule has 3 rings (SSSR count). The maximum absolute atomic E-state index is 12.5. The summed E-state index contributed by atoms with van der Waals surface area (Å²) in [5, 5.41) is 8.36. The minimum atomic E-state index is -0.105. The largest absolute Gasteiger partial charge is 0.355 e. The zero-order valence-corrected chi connectivity index (χ0v) is 14.3. The summed E-state index contributed by atoms with van der Waals surface area (Å²) in [6, 6.07) is 14.9. The summed E-state index contributed by atoms with van der Waals surface area (Å²) in [6.07, 6.45) is 1.71. The lowest BCUT2D eigenvalue weighted by Crippen LogP contribution is -2.31. The first-order valence-electron chi connectivity index (χ1n) is 8.03. The molecule has 0 spiro atoms. The number of hydrogen-bond donors (Lipinski definition) is 1. The van der Waals surface area contributed by atoms with Crippen molar-refractivity contribution in [2.75, 3.05) is 14.1 Å². The second kappa shape index (κ2) is 7.27. The summed E-state index contributed by atoms with van der Waals surface area (Å²) in [5.41, 5.74) is 1.59. The highest BCUT2D eigenvalue weighted by Gasteiger charge is 2.08. The number of rotatable bonds is 5. The minimum Gasteiger partial charge on any atom is -0.355 e. The number of nitrogens with zero attached hydrogens (tertiary/aromatic N) is 3. The van der Waals surface area contributed by atoms with Gasteiger partial charge in [-0.2, -0.15) is 5.10 Å². The molecule has 0 fully saturated rings. The summed E-state index contributed by atoms with van der Waals surface area (Å²) >= 11 is 0. The second-order valence-corrected chi connectivity index (χ2v) is 5.97. The molecule has 0 aliphatic rings. The predicted molar refractivity (Wildman–Crippen MR) is 97.3 cm³/mol. The van der Waals surface area contributed by atoms with Crippen molar-refractivity contribution >= 4 is 16.7 Å². The summed E-state index contributed by atoms with van der Waals surface area (Å²) in [4.78, 5) is 26.1. The van der Waals surface area contributed by atoms with Crippen LogP contribution in [0.15, 0.2) is 59.5 Å². The lowest BCUT2D eigenvalue weighted by Gasteiger charge is -2.17. The van der Waals surface area contributed by atoms with E-state index < -0.39 is 0 Å². The third-order valence-electron chi connectivity index (χ3n) is 4.03. The highest BCUT2D eigenvalue weighted by Crippen LogP contribution is 2.09. The van der Waals surface area contributed by atoms with Crippen molar-refractivity contribution in [2.24, 2.45) is 0 Å². The predicted octanol–water partition coefficient (Wildman–Crippen LogP) is 1.85. The number of benzene rings is 2. The molecule has 0 aliphatic heterocycles. The van der Waals surface area contributed by atoms with E-state index in [4.69, 9.17) is 0 Å². The molecule has 0 unspecified atom stereocenters. The molecule has 1 N–H and O–H groups in total. The van der Waals surface area contributed by atoms with E-state index in [1.54, 1.807) is 25.4 Å². The van der Waals surface area contributed by atoms with Crippen LogP contribution in [0, 0.1) is 0 Å². The van der Waals surface area contributed by atoms with Gasteiger partial charge in [0.05, 0.1) is 18.3 Å². The molecule has 1 heterocycles. The maximum Gasteiger partial charge on any atom is 0.275 e. The van der Waals surface area contributed by atoms with Gasteiger partial charge in [-0.25, -0.2) is 4.68 Å². The Balaban J connectivity index is 1.72. The van der Waals surface area contributed by atoms with Gasteiger partial charge < -0.3 is 5.32 Å². The Hall–Kier alpha value is -2.99. The monoisotopic (exact) mass is 336 g/mol. The van der Waals surface area contributed by atoms with E-state index in [9.17, 15) is 9.59 Å². The first-order chi connectivity index (χ1) is 12.1. The van der Waals surface area contributed by atoms with Crippen molar-refractivity contribution in [3.63, 3.8) is 0 Å². The standard InChI is InChI=1S/C19H20N4O2/c1-20-18(24)15-9-7-14(8-10-15)12-22(2)13-23-19(25)17-6-4-3-5-16(17)11-21-23/h3-11H,12-13H2,1-2H3,(H,20,24). The zero-order chi connectivity index (χ0) is 17.8. The normalized spacial score (nSPS) is 11.0. The van der Waals surface area contributed by atoms with Crippen LogP contribution in [-0.4, -0.2) is 34.7 Å². The SMILES string of the molecule is CNC(=O)c1ccc(CN(C)Cn2ncc3ccccc3c2=O)cc1. The Labute approximate surface area is 145 Å². The Kier molecular flexibility index (Phi) is 4.90. The van der Waals surface area contributed by atoms with Gasteiger partial charge in [-0.05, 0) is 30.8 Å². The number of fused-ring (bicyclic) bond motifs is 1. The number of carbonyl (C=O) groups is 1. The lowest BCUT2D eigenvalue weighted by molar-refractivity contribution is 0.0963. The fourth-order valence-electron chi connectivity index (χ4n) is 2.72. The zero-order valence-electron chi connectivity index (χ0n) is 14.3. The van der Waals surface area contributed by atoms with Gasteiger partial charge in [0.1, 0.15) is 0 Å². The number of carbonyl (C=O) groups excluding carboxylic acids is 1. The average Bonchev–Trinajstić information content (AvgIpc) is 2.64. The van der Waals surface area contributed by atoms with Crippen molar-refractivity contribution in [3.05, 3.63) is 76.2 Å². The topological polar surface area (TPSA) is 67.2 Å². The Morgan fingerprint density at radius 3 is 2.60 bits per heavy atom. The van der Waals surface area contributed by atoms with Gasteiger partial charge >= 0.3 is 0 Å². The van der Waals surface area contributed by atoms with Gasteiger partial charge in [0.25, 0.3) is 11.5 Å². The summed E-state index contributed by atoms with van der Waals surface area (Å²) in [5.74, 6) is -0.105. The molecule has 2 aromatic carbocycles. The second-order valence-electron chi connectivity index (χ2n) is 5.97. The molecule has 3 aromatic rings. The van der Waals surface area contributed by atoms with E-state index in [0.717, 1.165) is 10.9 Å². The van der Waals surface area contributed by atoms with E-state index in [-0.39, 0.29) is 11.5 Å². The summed E-state index contributed by atoms with van der Waals surface area (Å²) in [7, 11) is 3.54. The van der Waals surface area contributed by atoms with E-state index in [0.29, 0.717) is 24.2 Å². The third kappa shape index (κ3) is 3.75. The van der Waals surface area contributed by atoms with Crippen molar-refractivity contribution in [1.82, 2.24) is 20.0 Å². The number of amides is 1. The molecule has 6 heteroatoms. The van der Waals surface area contributed by atoms with E-state index in [1.165, 1.54) is 4.68 Å². The fraction of sp³-hybridized carbons (Fsp3) is 0.211. The van der Waals surface area contributed by atoms with Crippen LogP contribution in [0.4, 0.5) is 0 Å². The van der Waals surface area contributed by atoms with Gasteiger partial charge in [0, 0.05) is 24.5 Å². The highest BCUT2D eigenvalue weighted by molar-refractivity contribution is 5.93. The molecular formula is C19H20N4O2. The molecule has 0 atom stereocenters. The van der Waals surface area contributed by atoms with Crippen LogP contribution in [0.25, 0.3) is 10.8 Å². The van der Waals surface area contributed by atoms with Gasteiger partial charge in [0.2, 0.25) is 0 Å². The molecule has 1 amide bonds. The van der Waals surface area contributed by atoms with E-state index >= 15 is 0 Å². The van der Waals surface area contributed by atoms with Crippen molar-refractivity contribution < 1.29 is 4.79 Å². The van der Waals surface area contributed by atoms with Gasteiger partial charge in [-0.15, -0.1) is 0 Å². The van der Waals surface area contributed by atoms with E-state index in [2.05, 4.69) is 10.4 Å². The molecule has 128 valence electrons. The summed E-state index contributed by atoms with van der Waals surface area (Å²) in [6.45, 7) is 1.04. The minimum absolute atomic E-state index is 0.0973. The molecule has 1 aromatic heterocycles. The van der Waals surface area contributed by atoms with Crippen LogP contribution in [-0.2, 0) is 13.2 Å². The van der Waals surface area contributed by atoms with Gasteiger partial charge in [-0.1, -0.05) is 30.3 Å². The van der Waals surface area contributed by atoms with Crippen LogP contribution in [0.1, 0.15) is 15.9 Å². The molecule has 0 bridgehead atoms. The highest BCUT2D eigenvalue weighted by atomic mass is 16.1. The number of hydrogen-bond acceptors (Lipinski definition) is 4. The maximum atomic E-state index is 12.5. The fourth-order valence-corrected chi connectivity index (χ4v) is 2.72. The average molecular weight is 336 g/mol. The van der Waals surface area contributed by atoms with E-state index in [1.807, 2.05) is 48.3 Å². The Morgan fingerprint density at radius 1 is 1.16 bits per heavy atom. The molecule has 0 saturated heterocycles. The molecule has 0 radical (unpaired) electrons. The van der Waals surface area contributed by atoms with Crippen molar-refractivity contribution in [2.45, 2.75) is 13.2 Å². The van der Waals surface area contributed by atoms with Gasteiger partial charge in [0.15, 0.2) is 0 Å². The van der Waals surface area contributed by atoms with Crippen LogP contribution < -0.4 is 10.9 Å². The van der Waals surface area contributed by atoms with Gasteiger partial charge in [-0.3, -0.25) is 14.5 Å². The van der Waals surface area contributed by atoms with Crippen LogP contribution in [0.5, 0.6) is 0 Å². The first kappa shape index (κ1) is 16.9. The van der Waals surface area contributed by atoms with Crippen molar-refractivity contribution in [3.8, 4) is 0 Å². The first-order valence-corrected chi connectivity index (χ1v) is 8.03. The van der Waals surface area contributed by atoms with Crippen LogP contribution in [0.2, 0.25) is 0 Å².